The first-order chi connectivity index (χ1) is 12.1. The van der Waals surface area contributed by atoms with Crippen molar-refractivity contribution in [2.24, 2.45) is 5.92 Å². The molecule has 0 spiro atoms. The maximum Gasteiger partial charge on any atom is 0.315 e. The first kappa shape index (κ1) is 17.4. The molecule has 25 heavy (non-hydrogen) atoms. The fraction of sp³-hybridized carbons (Fsp3) is 0.500. The molecule has 1 aliphatic heterocycles. The van der Waals surface area contributed by atoms with Crippen molar-refractivity contribution in [1.82, 2.24) is 25.7 Å². The van der Waals surface area contributed by atoms with Crippen LogP contribution in [0, 0.1) is 12.8 Å². The quantitative estimate of drug-likeness (QED) is 0.835. The number of urea groups is 1. The van der Waals surface area contributed by atoms with Gasteiger partial charge in [-0.25, -0.2) is 4.79 Å². The van der Waals surface area contributed by atoms with Gasteiger partial charge < -0.3 is 15.2 Å². The molecular formula is C18H25N5O2. The van der Waals surface area contributed by atoms with Crippen molar-refractivity contribution in [3.63, 3.8) is 0 Å². The molecule has 7 heteroatoms. The van der Waals surface area contributed by atoms with E-state index in [2.05, 4.69) is 56.9 Å². The van der Waals surface area contributed by atoms with E-state index in [1.807, 2.05) is 6.07 Å². The number of aryl methyl sites for hydroxylation is 1. The summed E-state index contributed by atoms with van der Waals surface area (Å²) in [6.07, 6.45) is 0.536. The minimum Gasteiger partial charge on any atom is -0.339 e. The lowest BCUT2D eigenvalue weighted by Crippen LogP contribution is -2.45. The molecule has 3 rings (SSSR count). The third kappa shape index (κ3) is 5.03. The van der Waals surface area contributed by atoms with Crippen molar-refractivity contribution >= 4 is 6.03 Å². The van der Waals surface area contributed by atoms with Crippen LogP contribution < -0.4 is 10.6 Å². The maximum absolute atomic E-state index is 12.1. The Morgan fingerprint density at radius 1 is 1.32 bits per heavy atom. The largest absolute Gasteiger partial charge is 0.339 e. The number of aromatic nitrogens is 2. The average molecular weight is 343 g/mol. The van der Waals surface area contributed by atoms with Gasteiger partial charge in [-0.2, -0.15) is 4.98 Å². The number of benzene rings is 1. The van der Waals surface area contributed by atoms with Crippen LogP contribution in [-0.2, 0) is 13.0 Å². The summed E-state index contributed by atoms with van der Waals surface area (Å²) in [5.41, 5.74) is 1.30. The minimum atomic E-state index is -0.144. The lowest BCUT2D eigenvalue weighted by Gasteiger charge is -2.17. The number of carbonyl (C=O) groups excluding carboxylic acids is 1. The number of nitrogens with zero attached hydrogens (tertiary/aromatic N) is 3. The number of carbonyl (C=O) groups is 1. The minimum absolute atomic E-state index is 0.144. The zero-order chi connectivity index (χ0) is 17.6. The molecule has 1 aromatic carbocycles. The molecule has 2 amide bonds. The second kappa shape index (κ2) is 8.11. The molecule has 0 saturated carbocycles. The van der Waals surface area contributed by atoms with Crippen LogP contribution in [0.15, 0.2) is 34.9 Å². The number of rotatable bonds is 6. The Hall–Kier alpha value is -2.41. The smallest absolute Gasteiger partial charge is 0.315 e. The van der Waals surface area contributed by atoms with Gasteiger partial charge in [0.25, 0.3) is 0 Å². The van der Waals surface area contributed by atoms with Crippen LogP contribution in [0.5, 0.6) is 0 Å². The third-order valence-electron chi connectivity index (χ3n) is 4.45. The first-order valence-corrected chi connectivity index (χ1v) is 8.70. The van der Waals surface area contributed by atoms with Crippen molar-refractivity contribution in [2.45, 2.75) is 32.9 Å². The van der Waals surface area contributed by atoms with Gasteiger partial charge in [0.05, 0.1) is 0 Å². The lowest BCUT2D eigenvalue weighted by atomic mass is 10.1. The van der Waals surface area contributed by atoms with Gasteiger partial charge in [0.15, 0.2) is 5.82 Å². The van der Waals surface area contributed by atoms with Crippen LogP contribution in [-0.4, -0.2) is 46.7 Å². The molecule has 1 saturated heterocycles. The molecule has 0 unspecified atom stereocenters. The average Bonchev–Trinajstić information content (AvgIpc) is 3.14. The highest BCUT2D eigenvalue weighted by atomic mass is 16.5. The topological polar surface area (TPSA) is 83.3 Å². The maximum atomic E-state index is 12.1. The standard InChI is InChI=1S/C18H25N5O2/c1-13-10-23(11-15-6-4-3-5-7-15)12-16(13)21-18(24)19-9-8-17-20-14(2)22-25-17/h3-7,13,16H,8-12H2,1-2H3,(H2,19,21,24)/t13-,16+/m1/s1. The van der Waals surface area contributed by atoms with E-state index in [-0.39, 0.29) is 12.1 Å². The summed E-state index contributed by atoms with van der Waals surface area (Å²) in [7, 11) is 0. The highest BCUT2D eigenvalue weighted by Crippen LogP contribution is 2.18. The van der Waals surface area contributed by atoms with Crippen molar-refractivity contribution in [3.05, 3.63) is 47.6 Å². The Bertz CT molecular complexity index is 688. The second-order valence-electron chi connectivity index (χ2n) is 6.65. The highest BCUT2D eigenvalue weighted by molar-refractivity contribution is 5.74. The monoisotopic (exact) mass is 343 g/mol. The number of hydrogen-bond donors (Lipinski definition) is 2. The molecule has 2 N–H and O–H groups in total. The summed E-state index contributed by atoms with van der Waals surface area (Å²) in [5.74, 6) is 1.58. The van der Waals surface area contributed by atoms with E-state index in [4.69, 9.17) is 4.52 Å². The van der Waals surface area contributed by atoms with Crippen molar-refractivity contribution in [1.29, 1.82) is 0 Å². The van der Waals surface area contributed by atoms with Crippen LogP contribution >= 0.6 is 0 Å². The van der Waals surface area contributed by atoms with Gasteiger partial charge in [0.1, 0.15) is 0 Å². The Morgan fingerprint density at radius 3 is 2.84 bits per heavy atom. The van der Waals surface area contributed by atoms with Crippen molar-refractivity contribution < 1.29 is 9.32 Å². The molecule has 0 radical (unpaired) electrons. The summed E-state index contributed by atoms with van der Waals surface area (Å²) in [4.78, 5) is 18.6. The van der Waals surface area contributed by atoms with Gasteiger partial charge in [-0.3, -0.25) is 4.90 Å². The van der Waals surface area contributed by atoms with E-state index >= 15 is 0 Å². The number of likely N-dealkylation sites (tertiary alicyclic amines) is 1. The molecule has 2 aromatic rings. The lowest BCUT2D eigenvalue weighted by molar-refractivity contribution is 0.234. The predicted octanol–water partition coefficient (Wildman–Crippen LogP) is 1.74. The summed E-state index contributed by atoms with van der Waals surface area (Å²) < 4.78 is 5.03. The Kier molecular flexibility index (Phi) is 5.65. The van der Waals surface area contributed by atoms with E-state index in [0.717, 1.165) is 19.6 Å². The fourth-order valence-corrected chi connectivity index (χ4v) is 3.17. The van der Waals surface area contributed by atoms with E-state index in [1.165, 1.54) is 5.56 Å². The summed E-state index contributed by atoms with van der Waals surface area (Å²) in [5, 5.41) is 9.66. The zero-order valence-corrected chi connectivity index (χ0v) is 14.7. The molecule has 1 aromatic heterocycles. The van der Waals surface area contributed by atoms with E-state index in [0.29, 0.717) is 30.6 Å². The SMILES string of the molecule is Cc1noc(CCNC(=O)N[C@H]2CN(Cc3ccccc3)C[C@H]2C)n1. The normalized spacial score (nSPS) is 20.6. The Morgan fingerprint density at radius 2 is 2.12 bits per heavy atom. The fourth-order valence-electron chi connectivity index (χ4n) is 3.17. The van der Waals surface area contributed by atoms with Gasteiger partial charge >= 0.3 is 6.03 Å². The van der Waals surface area contributed by atoms with Gasteiger partial charge in [-0.1, -0.05) is 42.4 Å². The van der Waals surface area contributed by atoms with Crippen LogP contribution in [0.2, 0.25) is 0 Å². The molecule has 1 fully saturated rings. The number of hydrogen-bond acceptors (Lipinski definition) is 5. The van der Waals surface area contributed by atoms with E-state index < -0.39 is 0 Å². The molecule has 2 atom stereocenters. The molecule has 0 bridgehead atoms. The molecule has 2 heterocycles. The van der Waals surface area contributed by atoms with Crippen molar-refractivity contribution in [3.8, 4) is 0 Å². The van der Waals surface area contributed by atoms with E-state index in [9.17, 15) is 4.79 Å². The van der Waals surface area contributed by atoms with Gasteiger partial charge in [0.2, 0.25) is 5.89 Å². The zero-order valence-electron chi connectivity index (χ0n) is 14.7. The third-order valence-corrected chi connectivity index (χ3v) is 4.45. The van der Waals surface area contributed by atoms with Gasteiger partial charge in [-0.15, -0.1) is 0 Å². The first-order valence-electron chi connectivity index (χ1n) is 8.70. The molecule has 7 nitrogen and oxygen atoms in total. The number of nitrogens with one attached hydrogen (secondary N) is 2. The highest BCUT2D eigenvalue weighted by Gasteiger charge is 2.30. The Balaban J connectivity index is 1.40. The summed E-state index contributed by atoms with van der Waals surface area (Å²) in [6.45, 7) is 7.20. The van der Waals surface area contributed by atoms with Gasteiger partial charge in [0, 0.05) is 38.6 Å². The summed E-state index contributed by atoms with van der Waals surface area (Å²) >= 11 is 0. The second-order valence-corrected chi connectivity index (χ2v) is 6.65. The molecule has 134 valence electrons. The predicted molar refractivity (Wildman–Crippen MR) is 93.9 cm³/mol. The number of amides is 2. The summed E-state index contributed by atoms with van der Waals surface area (Å²) in [6, 6.07) is 10.4. The van der Waals surface area contributed by atoms with E-state index in [1.54, 1.807) is 6.92 Å². The van der Waals surface area contributed by atoms with Crippen LogP contribution in [0.4, 0.5) is 4.79 Å². The van der Waals surface area contributed by atoms with Crippen LogP contribution in [0.3, 0.4) is 0 Å². The molecular weight excluding hydrogens is 318 g/mol. The molecule has 0 aliphatic carbocycles. The van der Waals surface area contributed by atoms with Crippen molar-refractivity contribution in [2.75, 3.05) is 19.6 Å². The van der Waals surface area contributed by atoms with Crippen LogP contribution in [0.25, 0.3) is 0 Å². The van der Waals surface area contributed by atoms with Crippen LogP contribution in [0.1, 0.15) is 24.2 Å². The van der Waals surface area contributed by atoms with Gasteiger partial charge in [-0.05, 0) is 18.4 Å². The molecule has 1 aliphatic rings. The Labute approximate surface area is 147 Å².